The average molecular weight is 340 g/mol. The van der Waals surface area contributed by atoms with Crippen LogP contribution >= 0.6 is 0 Å². The molecule has 7 heteroatoms. The van der Waals surface area contributed by atoms with Crippen LogP contribution in [0.4, 0.5) is 5.69 Å². The first-order chi connectivity index (χ1) is 12.1. The van der Waals surface area contributed by atoms with E-state index in [-0.39, 0.29) is 25.0 Å². The number of fused-ring (bicyclic) bond motifs is 1. The van der Waals surface area contributed by atoms with Crippen LogP contribution in [0.2, 0.25) is 0 Å². The van der Waals surface area contributed by atoms with E-state index in [9.17, 15) is 14.9 Å². The number of ether oxygens (including phenoxy) is 2. The van der Waals surface area contributed by atoms with Gasteiger partial charge in [0.05, 0.1) is 11.5 Å². The zero-order valence-electron chi connectivity index (χ0n) is 13.3. The Morgan fingerprint density at radius 3 is 2.84 bits per heavy atom. The van der Waals surface area contributed by atoms with Gasteiger partial charge in [-0.05, 0) is 11.6 Å². The predicted molar refractivity (Wildman–Crippen MR) is 90.7 cm³/mol. The van der Waals surface area contributed by atoms with Gasteiger partial charge in [-0.3, -0.25) is 14.9 Å². The second kappa shape index (κ2) is 7.59. The average Bonchev–Trinajstić information content (AvgIpc) is 2.65. The molecule has 2 aromatic rings. The molecule has 0 bridgehead atoms. The zero-order chi connectivity index (χ0) is 17.6. The van der Waals surface area contributed by atoms with Crippen molar-refractivity contribution in [2.24, 2.45) is 0 Å². The number of carbonyl (C=O) groups excluding carboxylic acids is 1. The van der Waals surface area contributed by atoms with E-state index in [0.29, 0.717) is 23.4 Å². The molecule has 0 unspecified atom stereocenters. The number of benzene rings is 2. The highest BCUT2D eigenvalue weighted by Crippen LogP contribution is 2.33. The molecule has 7 nitrogen and oxygen atoms in total. The molecule has 3 rings (SSSR count). The highest BCUT2D eigenvalue weighted by molar-refractivity contribution is 5.92. The Kier molecular flexibility index (Phi) is 5.06. The number of amides is 1. The van der Waals surface area contributed by atoms with Crippen LogP contribution in [0.15, 0.2) is 48.5 Å². The topological polar surface area (TPSA) is 90.7 Å². The van der Waals surface area contributed by atoms with Crippen LogP contribution in [0.3, 0.4) is 0 Å². The van der Waals surface area contributed by atoms with Crippen LogP contribution < -0.4 is 10.1 Å². The van der Waals surface area contributed by atoms with Gasteiger partial charge < -0.3 is 14.8 Å². The lowest BCUT2D eigenvalue weighted by molar-refractivity contribution is -0.385. The maximum atomic E-state index is 12.0. The summed E-state index contributed by atoms with van der Waals surface area (Å²) in [6.45, 7) is 0.714. The summed E-state index contributed by atoms with van der Waals surface area (Å²) < 4.78 is 10.6. The molecule has 1 N–H and O–H groups in total. The summed E-state index contributed by atoms with van der Waals surface area (Å²) in [5, 5.41) is 13.8. The van der Waals surface area contributed by atoms with Crippen molar-refractivity contribution < 1.29 is 19.2 Å². The molecule has 0 fully saturated rings. The number of non-ortho nitro benzene ring substituents is 1. The van der Waals surface area contributed by atoms with Crippen molar-refractivity contribution in [1.82, 2.24) is 5.32 Å². The molecule has 128 valence electrons. The molecular weight excluding hydrogens is 324 g/mol. The molecule has 0 radical (unpaired) electrons. The monoisotopic (exact) mass is 340 g/mol. The van der Waals surface area contributed by atoms with Crippen LogP contribution in [0, 0.1) is 10.1 Å². The molecule has 1 aliphatic rings. The number of nitro benzene ring substituents is 1. The van der Waals surface area contributed by atoms with Crippen molar-refractivity contribution in [3.05, 3.63) is 75.3 Å². The molecule has 0 atom stereocenters. The SMILES string of the molecule is O=C(/C=C/c1cc([N+](=O)[O-])cc2c1OCOC2)NCc1ccccc1. The van der Waals surface area contributed by atoms with Crippen molar-refractivity contribution in [2.45, 2.75) is 13.2 Å². The molecule has 0 aliphatic carbocycles. The Balaban J connectivity index is 1.74. The van der Waals surface area contributed by atoms with Gasteiger partial charge in [0, 0.05) is 35.9 Å². The highest BCUT2D eigenvalue weighted by atomic mass is 16.7. The van der Waals surface area contributed by atoms with Gasteiger partial charge in [-0.2, -0.15) is 0 Å². The van der Waals surface area contributed by atoms with Crippen LogP contribution in [-0.4, -0.2) is 17.6 Å². The quantitative estimate of drug-likeness (QED) is 0.513. The first-order valence-corrected chi connectivity index (χ1v) is 7.65. The van der Waals surface area contributed by atoms with E-state index < -0.39 is 4.92 Å². The predicted octanol–water partition coefficient (Wildman–Crippen LogP) is 2.79. The maximum absolute atomic E-state index is 12.0. The lowest BCUT2D eigenvalue weighted by atomic mass is 10.1. The minimum Gasteiger partial charge on any atom is -0.467 e. The fourth-order valence-corrected chi connectivity index (χ4v) is 2.47. The van der Waals surface area contributed by atoms with E-state index in [2.05, 4.69) is 5.32 Å². The van der Waals surface area contributed by atoms with E-state index in [0.717, 1.165) is 5.56 Å². The van der Waals surface area contributed by atoms with Crippen LogP contribution in [-0.2, 0) is 22.7 Å². The molecule has 0 spiro atoms. The standard InChI is InChI=1S/C18H16N2O5/c21-17(19-10-13-4-2-1-3-5-13)7-6-14-8-16(20(22)23)9-15-11-24-12-25-18(14)15/h1-9H,10-12H2,(H,19,21)/b7-6+. The molecule has 1 aliphatic heterocycles. The van der Waals surface area contributed by atoms with Gasteiger partial charge in [0.15, 0.2) is 6.79 Å². The van der Waals surface area contributed by atoms with Crippen LogP contribution in [0.25, 0.3) is 6.08 Å². The second-order valence-electron chi connectivity index (χ2n) is 5.43. The van der Waals surface area contributed by atoms with Gasteiger partial charge in [0.25, 0.3) is 5.69 Å². The second-order valence-corrected chi connectivity index (χ2v) is 5.43. The maximum Gasteiger partial charge on any atom is 0.270 e. The normalized spacial score (nSPS) is 13.1. The van der Waals surface area contributed by atoms with Gasteiger partial charge in [0.1, 0.15) is 5.75 Å². The molecule has 2 aromatic carbocycles. The highest BCUT2D eigenvalue weighted by Gasteiger charge is 2.19. The number of carbonyl (C=O) groups is 1. The summed E-state index contributed by atoms with van der Waals surface area (Å²) in [5.74, 6) is 0.208. The molecule has 25 heavy (non-hydrogen) atoms. The van der Waals surface area contributed by atoms with Crippen molar-refractivity contribution >= 4 is 17.7 Å². The lowest BCUT2D eigenvalue weighted by Gasteiger charge is -2.19. The van der Waals surface area contributed by atoms with E-state index >= 15 is 0 Å². The van der Waals surface area contributed by atoms with Gasteiger partial charge in [0.2, 0.25) is 5.91 Å². The molecule has 1 heterocycles. The van der Waals surface area contributed by atoms with Gasteiger partial charge >= 0.3 is 0 Å². The molecule has 0 aromatic heterocycles. The smallest absolute Gasteiger partial charge is 0.270 e. The third kappa shape index (κ3) is 4.21. The fourth-order valence-electron chi connectivity index (χ4n) is 2.47. The number of rotatable bonds is 5. The summed E-state index contributed by atoms with van der Waals surface area (Å²) in [6, 6.07) is 12.3. The zero-order valence-corrected chi connectivity index (χ0v) is 13.3. The van der Waals surface area contributed by atoms with Gasteiger partial charge in [-0.1, -0.05) is 30.3 Å². The Morgan fingerprint density at radius 1 is 1.28 bits per heavy atom. The molecular formula is C18H16N2O5. The van der Waals surface area contributed by atoms with Crippen molar-refractivity contribution in [2.75, 3.05) is 6.79 Å². The Morgan fingerprint density at radius 2 is 2.08 bits per heavy atom. The summed E-state index contributed by atoms with van der Waals surface area (Å²) in [5.41, 5.74) is 1.97. The van der Waals surface area contributed by atoms with Crippen LogP contribution in [0.1, 0.15) is 16.7 Å². The first kappa shape index (κ1) is 16.7. The Labute approximate surface area is 144 Å². The largest absolute Gasteiger partial charge is 0.467 e. The minimum absolute atomic E-state index is 0.0720. The minimum atomic E-state index is -0.484. The summed E-state index contributed by atoms with van der Waals surface area (Å²) >= 11 is 0. The third-order valence-electron chi connectivity index (χ3n) is 3.66. The molecule has 0 saturated carbocycles. The summed E-state index contributed by atoms with van der Waals surface area (Å²) in [7, 11) is 0. The first-order valence-electron chi connectivity index (χ1n) is 7.65. The lowest BCUT2D eigenvalue weighted by Crippen LogP contribution is -2.20. The third-order valence-corrected chi connectivity index (χ3v) is 3.66. The van der Waals surface area contributed by atoms with E-state index in [1.165, 1.54) is 24.3 Å². The number of hydrogen-bond donors (Lipinski definition) is 1. The number of nitro groups is 1. The summed E-state index contributed by atoms with van der Waals surface area (Å²) in [4.78, 5) is 22.6. The van der Waals surface area contributed by atoms with Crippen molar-refractivity contribution in [1.29, 1.82) is 0 Å². The fraction of sp³-hybridized carbons (Fsp3) is 0.167. The summed E-state index contributed by atoms with van der Waals surface area (Å²) in [6.07, 6.45) is 2.85. The Bertz CT molecular complexity index is 818. The molecule has 1 amide bonds. The van der Waals surface area contributed by atoms with E-state index in [1.807, 2.05) is 30.3 Å². The van der Waals surface area contributed by atoms with Gasteiger partial charge in [-0.15, -0.1) is 0 Å². The number of nitrogens with one attached hydrogen (secondary N) is 1. The van der Waals surface area contributed by atoms with Crippen molar-refractivity contribution in [3.8, 4) is 5.75 Å². The molecule has 0 saturated heterocycles. The van der Waals surface area contributed by atoms with Crippen LogP contribution in [0.5, 0.6) is 5.75 Å². The van der Waals surface area contributed by atoms with Gasteiger partial charge in [-0.25, -0.2) is 0 Å². The van der Waals surface area contributed by atoms with E-state index in [1.54, 1.807) is 0 Å². The van der Waals surface area contributed by atoms with Crippen molar-refractivity contribution in [3.63, 3.8) is 0 Å². The number of nitrogens with zero attached hydrogens (tertiary/aromatic N) is 1. The Hall–Kier alpha value is -3.19. The van der Waals surface area contributed by atoms with E-state index in [4.69, 9.17) is 9.47 Å². The number of hydrogen-bond acceptors (Lipinski definition) is 5.